The van der Waals surface area contributed by atoms with Gasteiger partial charge in [-0.25, -0.2) is 9.18 Å². The zero-order chi connectivity index (χ0) is 23.4. The SMILES string of the molecule is CC(=S)NC[C@H]1CN(c2ccc(Nc3cccc(-c4ccccn4)cc3=O)c(F)c2)C(=O)O1. The largest absolute Gasteiger partial charge is 0.442 e. The van der Waals surface area contributed by atoms with Crippen LogP contribution in [-0.2, 0) is 4.74 Å². The summed E-state index contributed by atoms with van der Waals surface area (Å²) in [5, 5.41) is 5.80. The van der Waals surface area contributed by atoms with Crippen molar-refractivity contribution in [3.63, 3.8) is 0 Å². The van der Waals surface area contributed by atoms with Crippen molar-refractivity contribution in [3.05, 3.63) is 82.9 Å². The third-order valence-electron chi connectivity index (χ3n) is 5.04. The first-order valence-electron chi connectivity index (χ1n) is 10.3. The number of hydrogen-bond donors (Lipinski definition) is 2. The van der Waals surface area contributed by atoms with Crippen LogP contribution >= 0.6 is 12.2 Å². The molecule has 0 spiro atoms. The quantitative estimate of drug-likeness (QED) is 0.528. The van der Waals surface area contributed by atoms with Gasteiger partial charge in [-0.05, 0) is 49.4 Å². The third-order valence-corrected chi connectivity index (χ3v) is 5.18. The predicted molar refractivity (Wildman–Crippen MR) is 130 cm³/mol. The van der Waals surface area contributed by atoms with Crippen LogP contribution < -0.4 is 21.0 Å². The number of anilines is 3. The van der Waals surface area contributed by atoms with Crippen molar-refractivity contribution in [1.82, 2.24) is 10.3 Å². The number of rotatable bonds is 6. The van der Waals surface area contributed by atoms with Crippen LogP contribution in [0.1, 0.15) is 6.92 Å². The molecule has 1 fully saturated rings. The lowest BCUT2D eigenvalue weighted by Gasteiger charge is -2.15. The number of aromatic nitrogens is 1. The van der Waals surface area contributed by atoms with E-state index in [2.05, 4.69) is 15.6 Å². The summed E-state index contributed by atoms with van der Waals surface area (Å²) < 4.78 is 20.2. The van der Waals surface area contributed by atoms with E-state index in [-0.39, 0.29) is 23.3 Å². The smallest absolute Gasteiger partial charge is 0.414 e. The molecule has 1 amide bonds. The molecule has 7 nitrogen and oxygen atoms in total. The maximum Gasteiger partial charge on any atom is 0.414 e. The molecule has 0 bridgehead atoms. The summed E-state index contributed by atoms with van der Waals surface area (Å²) in [6.07, 6.45) is 0.705. The molecule has 168 valence electrons. The average Bonchev–Trinajstić information content (AvgIpc) is 3.07. The van der Waals surface area contributed by atoms with Crippen LogP contribution in [-0.4, -0.2) is 35.3 Å². The van der Waals surface area contributed by atoms with Gasteiger partial charge in [0, 0.05) is 11.8 Å². The van der Waals surface area contributed by atoms with Crippen molar-refractivity contribution < 1.29 is 13.9 Å². The number of nitrogens with zero attached hydrogens (tertiary/aromatic N) is 2. The second-order valence-corrected chi connectivity index (χ2v) is 8.07. The van der Waals surface area contributed by atoms with Gasteiger partial charge < -0.3 is 15.4 Å². The lowest BCUT2D eigenvalue weighted by Crippen LogP contribution is -2.32. The third kappa shape index (κ3) is 5.32. The van der Waals surface area contributed by atoms with Crippen molar-refractivity contribution >= 4 is 40.4 Å². The maximum absolute atomic E-state index is 14.9. The molecule has 0 aliphatic carbocycles. The molecule has 2 aromatic carbocycles. The second-order valence-electron chi connectivity index (χ2n) is 7.46. The van der Waals surface area contributed by atoms with E-state index in [0.29, 0.717) is 28.5 Å². The highest BCUT2D eigenvalue weighted by atomic mass is 32.1. The van der Waals surface area contributed by atoms with E-state index < -0.39 is 18.0 Å². The first-order chi connectivity index (χ1) is 15.9. The number of ether oxygens (including phenoxy) is 1. The van der Waals surface area contributed by atoms with Crippen LogP contribution in [0.25, 0.3) is 11.3 Å². The zero-order valence-electron chi connectivity index (χ0n) is 17.7. The minimum atomic E-state index is -0.604. The fourth-order valence-corrected chi connectivity index (χ4v) is 3.49. The van der Waals surface area contributed by atoms with Crippen molar-refractivity contribution in [3.8, 4) is 11.3 Å². The lowest BCUT2D eigenvalue weighted by molar-refractivity contribution is 0.143. The van der Waals surface area contributed by atoms with Crippen LogP contribution in [0.4, 0.5) is 26.2 Å². The molecule has 1 atom stereocenters. The van der Waals surface area contributed by atoms with Gasteiger partial charge in [-0.15, -0.1) is 0 Å². The number of cyclic esters (lactones) is 1. The summed E-state index contributed by atoms with van der Waals surface area (Å²) in [7, 11) is 0. The Hall–Kier alpha value is -3.85. The Morgan fingerprint density at radius 3 is 2.73 bits per heavy atom. The molecule has 3 aromatic rings. The van der Waals surface area contributed by atoms with Gasteiger partial charge in [0.25, 0.3) is 0 Å². The molecular formula is C24H21FN4O3S. The summed E-state index contributed by atoms with van der Waals surface area (Å²) >= 11 is 4.97. The van der Waals surface area contributed by atoms with E-state index in [4.69, 9.17) is 17.0 Å². The number of halogens is 1. The number of pyridine rings is 1. The number of carbonyl (C=O) groups is 1. The fourth-order valence-electron chi connectivity index (χ4n) is 3.41. The standard InChI is InChI=1S/C24H21FN4O3S/c1-15(33)27-13-18-14-29(24(31)32-18)17-8-9-21(19(25)12-17)28-22-7-4-5-16(11-23(22)30)20-6-2-3-10-26-20/h2-12,18H,13-14H2,1H3,(H,27,33)(H,28,30)/t18-/m0/s1. The monoisotopic (exact) mass is 464 g/mol. The van der Waals surface area contributed by atoms with Crippen LogP contribution in [0.2, 0.25) is 0 Å². The zero-order valence-corrected chi connectivity index (χ0v) is 18.6. The average molecular weight is 465 g/mol. The minimum Gasteiger partial charge on any atom is -0.442 e. The van der Waals surface area contributed by atoms with Crippen LogP contribution in [0.5, 0.6) is 0 Å². The van der Waals surface area contributed by atoms with Gasteiger partial charge in [0.05, 0.1) is 40.8 Å². The van der Waals surface area contributed by atoms with Crippen LogP contribution in [0, 0.1) is 5.82 Å². The maximum atomic E-state index is 14.9. The van der Waals surface area contributed by atoms with Gasteiger partial charge >= 0.3 is 6.09 Å². The van der Waals surface area contributed by atoms with E-state index >= 15 is 0 Å². The number of amides is 1. The Morgan fingerprint density at radius 1 is 1.15 bits per heavy atom. The van der Waals surface area contributed by atoms with Crippen molar-refractivity contribution in [2.75, 3.05) is 23.3 Å². The van der Waals surface area contributed by atoms with Gasteiger partial charge in [0.15, 0.2) is 0 Å². The first-order valence-corrected chi connectivity index (χ1v) is 10.7. The van der Waals surface area contributed by atoms with Crippen LogP contribution in [0.15, 0.2) is 71.7 Å². The molecule has 2 N–H and O–H groups in total. The van der Waals surface area contributed by atoms with Gasteiger partial charge in [0.2, 0.25) is 5.43 Å². The molecule has 0 radical (unpaired) electrons. The minimum absolute atomic E-state index is 0.114. The van der Waals surface area contributed by atoms with Gasteiger partial charge in [-0.3, -0.25) is 14.7 Å². The fraction of sp³-hybridized carbons (Fsp3) is 0.167. The molecular weight excluding hydrogens is 443 g/mol. The Balaban J connectivity index is 1.51. The molecule has 0 unspecified atom stereocenters. The Labute approximate surface area is 195 Å². The summed E-state index contributed by atoms with van der Waals surface area (Å²) in [5.74, 6) is -0.604. The number of hydrogen-bond acceptors (Lipinski definition) is 6. The summed E-state index contributed by atoms with van der Waals surface area (Å²) in [6, 6.07) is 16.3. The van der Waals surface area contributed by atoms with E-state index in [9.17, 15) is 14.0 Å². The highest BCUT2D eigenvalue weighted by Gasteiger charge is 2.32. The van der Waals surface area contributed by atoms with Crippen molar-refractivity contribution in [2.45, 2.75) is 13.0 Å². The Kier molecular flexibility index (Phi) is 6.60. The second kappa shape index (κ2) is 9.74. The number of benzene rings is 1. The summed E-state index contributed by atoms with van der Waals surface area (Å²) in [6.45, 7) is 2.40. The molecule has 1 aliphatic rings. The highest BCUT2D eigenvalue weighted by molar-refractivity contribution is 7.80. The van der Waals surface area contributed by atoms with Crippen molar-refractivity contribution in [1.29, 1.82) is 0 Å². The first kappa shape index (κ1) is 22.3. The number of nitrogens with one attached hydrogen (secondary N) is 2. The Morgan fingerprint density at radius 2 is 2.00 bits per heavy atom. The molecule has 1 aliphatic heterocycles. The molecule has 0 saturated carbocycles. The molecule has 9 heteroatoms. The van der Waals surface area contributed by atoms with E-state index in [1.165, 1.54) is 23.1 Å². The molecule has 33 heavy (non-hydrogen) atoms. The number of thiocarbonyl (C=S) groups is 1. The molecule has 1 saturated heterocycles. The van der Waals surface area contributed by atoms with Crippen molar-refractivity contribution in [2.24, 2.45) is 0 Å². The van der Waals surface area contributed by atoms with E-state index in [1.54, 1.807) is 49.5 Å². The lowest BCUT2D eigenvalue weighted by atomic mass is 10.2. The topological polar surface area (TPSA) is 83.6 Å². The summed E-state index contributed by atoms with van der Waals surface area (Å²) in [5.41, 5.74) is 1.71. The molecule has 4 rings (SSSR count). The number of carbonyl (C=O) groups excluding carboxylic acids is 1. The Bertz CT molecular complexity index is 1260. The van der Waals surface area contributed by atoms with Gasteiger partial charge in [-0.1, -0.05) is 30.4 Å². The van der Waals surface area contributed by atoms with Gasteiger partial charge in [-0.2, -0.15) is 0 Å². The van der Waals surface area contributed by atoms with E-state index in [0.717, 1.165) is 0 Å². The normalized spacial score (nSPS) is 15.2. The molecule has 1 aromatic heterocycles. The molecule has 2 heterocycles. The van der Waals surface area contributed by atoms with E-state index in [1.807, 2.05) is 6.07 Å². The predicted octanol–water partition coefficient (Wildman–Crippen LogP) is 4.25. The summed E-state index contributed by atoms with van der Waals surface area (Å²) in [4.78, 5) is 31.1. The highest BCUT2D eigenvalue weighted by Crippen LogP contribution is 2.27. The van der Waals surface area contributed by atoms with Crippen LogP contribution in [0.3, 0.4) is 0 Å². The van der Waals surface area contributed by atoms with Gasteiger partial charge in [0.1, 0.15) is 11.9 Å².